The van der Waals surface area contributed by atoms with E-state index < -0.39 is 0 Å². The molecule has 1 heterocycles. The molecule has 1 aromatic rings. The van der Waals surface area contributed by atoms with E-state index in [9.17, 15) is 4.79 Å². The molecule has 3 heteroatoms. The highest BCUT2D eigenvalue weighted by molar-refractivity contribution is 5.21. The Labute approximate surface area is 83.8 Å². The van der Waals surface area contributed by atoms with Gasteiger partial charge in [-0.25, -0.2) is 0 Å². The largest absolute Gasteiger partial charge is 0.312 e. The molecule has 0 atom stereocenters. The van der Waals surface area contributed by atoms with Crippen LogP contribution in [-0.2, 0) is 19.9 Å². The molecule has 0 saturated carbocycles. The van der Waals surface area contributed by atoms with Crippen molar-refractivity contribution < 1.29 is 0 Å². The molecule has 0 aromatic carbocycles. The first kappa shape index (κ1) is 9.44. The molecule has 0 bridgehead atoms. The Kier molecular flexibility index (Phi) is 2.17. The highest BCUT2D eigenvalue weighted by Crippen LogP contribution is 2.19. The summed E-state index contributed by atoms with van der Waals surface area (Å²) in [6.45, 7) is 4.04. The molecule has 14 heavy (non-hydrogen) atoms. The average molecular weight is 192 g/mol. The Balaban J connectivity index is 2.67. The number of rotatable bonds is 1. The van der Waals surface area contributed by atoms with Crippen molar-refractivity contribution in [2.24, 2.45) is 7.05 Å². The molecule has 0 radical (unpaired) electrons. The summed E-state index contributed by atoms with van der Waals surface area (Å²) in [5, 5.41) is 0. The number of hydrogen-bond acceptors (Lipinski definition) is 2. The van der Waals surface area contributed by atoms with Crippen molar-refractivity contribution in [3.8, 4) is 0 Å². The van der Waals surface area contributed by atoms with Gasteiger partial charge in [0.15, 0.2) is 0 Å². The third-order valence-electron chi connectivity index (χ3n) is 2.89. The zero-order chi connectivity index (χ0) is 10.3. The minimum absolute atomic E-state index is 0.0839. The van der Waals surface area contributed by atoms with Gasteiger partial charge in [0.05, 0.1) is 5.69 Å². The molecule has 2 rings (SSSR count). The van der Waals surface area contributed by atoms with Gasteiger partial charge in [0.25, 0.3) is 5.56 Å². The fourth-order valence-corrected chi connectivity index (χ4v) is 2.06. The smallest absolute Gasteiger partial charge is 0.272 e. The van der Waals surface area contributed by atoms with Gasteiger partial charge in [-0.2, -0.15) is 0 Å². The summed E-state index contributed by atoms with van der Waals surface area (Å²) in [5.74, 6) is 0.222. The first-order valence-electron chi connectivity index (χ1n) is 5.20. The summed E-state index contributed by atoms with van der Waals surface area (Å²) in [4.78, 5) is 16.4. The lowest BCUT2D eigenvalue weighted by molar-refractivity contribution is 0.707. The van der Waals surface area contributed by atoms with Crippen LogP contribution in [0, 0.1) is 0 Å². The minimum atomic E-state index is 0.0839. The van der Waals surface area contributed by atoms with E-state index in [1.807, 2.05) is 20.9 Å². The monoisotopic (exact) mass is 192 g/mol. The van der Waals surface area contributed by atoms with Gasteiger partial charge in [-0.05, 0) is 19.3 Å². The molecule has 76 valence electrons. The van der Waals surface area contributed by atoms with Crippen LogP contribution in [0.25, 0.3) is 0 Å². The van der Waals surface area contributed by atoms with Crippen molar-refractivity contribution in [3.63, 3.8) is 0 Å². The minimum Gasteiger partial charge on any atom is -0.312 e. The fraction of sp³-hybridized carbons (Fsp3) is 0.636. The SMILES string of the molecule is CC(C)c1nc2c(n(C)c1=O)CCC2. The van der Waals surface area contributed by atoms with E-state index in [-0.39, 0.29) is 11.5 Å². The van der Waals surface area contributed by atoms with Crippen molar-refractivity contribution in [1.29, 1.82) is 0 Å². The molecule has 1 aromatic heterocycles. The predicted octanol–water partition coefficient (Wildman–Crippen LogP) is 1.39. The van der Waals surface area contributed by atoms with E-state index >= 15 is 0 Å². The summed E-state index contributed by atoms with van der Waals surface area (Å²) in [6.07, 6.45) is 3.17. The number of fused-ring (bicyclic) bond motifs is 1. The Morgan fingerprint density at radius 3 is 2.71 bits per heavy atom. The van der Waals surface area contributed by atoms with E-state index in [0.29, 0.717) is 5.69 Å². The lowest BCUT2D eigenvalue weighted by atomic mass is 10.1. The van der Waals surface area contributed by atoms with Crippen molar-refractivity contribution in [3.05, 3.63) is 27.4 Å². The summed E-state index contributed by atoms with van der Waals surface area (Å²) in [5.41, 5.74) is 3.07. The zero-order valence-corrected chi connectivity index (χ0v) is 9.00. The van der Waals surface area contributed by atoms with Crippen molar-refractivity contribution >= 4 is 0 Å². The summed E-state index contributed by atoms with van der Waals surface area (Å²) in [6, 6.07) is 0. The van der Waals surface area contributed by atoms with Crippen LogP contribution in [0.2, 0.25) is 0 Å². The van der Waals surface area contributed by atoms with Crippen molar-refractivity contribution in [1.82, 2.24) is 9.55 Å². The molecule has 0 saturated heterocycles. The van der Waals surface area contributed by atoms with Gasteiger partial charge in [0, 0.05) is 18.7 Å². The van der Waals surface area contributed by atoms with Crippen LogP contribution >= 0.6 is 0 Å². The molecular formula is C11H16N2O. The topological polar surface area (TPSA) is 34.9 Å². The molecule has 0 amide bonds. The highest BCUT2D eigenvalue weighted by Gasteiger charge is 2.19. The van der Waals surface area contributed by atoms with Gasteiger partial charge in [0.2, 0.25) is 0 Å². The Morgan fingerprint density at radius 1 is 1.36 bits per heavy atom. The average Bonchev–Trinajstić information content (AvgIpc) is 2.58. The second kappa shape index (κ2) is 3.23. The zero-order valence-electron chi connectivity index (χ0n) is 9.00. The van der Waals surface area contributed by atoms with Crippen LogP contribution in [0.3, 0.4) is 0 Å². The summed E-state index contributed by atoms with van der Waals surface area (Å²) < 4.78 is 1.78. The standard InChI is InChI=1S/C11H16N2O/c1-7(2)10-11(14)13(3)9-6-4-5-8(9)12-10/h7H,4-6H2,1-3H3. The maximum Gasteiger partial charge on any atom is 0.272 e. The van der Waals surface area contributed by atoms with E-state index in [1.165, 1.54) is 0 Å². The lowest BCUT2D eigenvalue weighted by Crippen LogP contribution is -2.27. The molecular weight excluding hydrogens is 176 g/mol. The second-order valence-electron chi connectivity index (χ2n) is 4.26. The van der Waals surface area contributed by atoms with Crippen molar-refractivity contribution in [2.45, 2.75) is 39.0 Å². The maximum atomic E-state index is 11.9. The molecule has 0 fully saturated rings. The Bertz CT molecular complexity index is 418. The van der Waals surface area contributed by atoms with Gasteiger partial charge in [-0.3, -0.25) is 9.78 Å². The lowest BCUT2D eigenvalue weighted by Gasteiger charge is -2.10. The first-order valence-corrected chi connectivity index (χ1v) is 5.20. The molecule has 1 aliphatic carbocycles. The second-order valence-corrected chi connectivity index (χ2v) is 4.26. The summed E-state index contributed by atoms with van der Waals surface area (Å²) in [7, 11) is 1.86. The molecule has 0 spiro atoms. The molecule has 3 nitrogen and oxygen atoms in total. The molecule has 0 aliphatic heterocycles. The Hall–Kier alpha value is -1.12. The van der Waals surface area contributed by atoms with Crippen LogP contribution in [0.15, 0.2) is 4.79 Å². The number of hydrogen-bond donors (Lipinski definition) is 0. The van der Waals surface area contributed by atoms with Gasteiger partial charge in [-0.15, -0.1) is 0 Å². The number of aryl methyl sites for hydroxylation is 1. The van der Waals surface area contributed by atoms with Gasteiger partial charge < -0.3 is 4.57 Å². The summed E-state index contributed by atoms with van der Waals surface area (Å²) >= 11 is 0. The third-order valence-corrected chi connectivity index (χ3v) is 2.89. The predicted molar refractivity (Wildman–Crippen MR) is 55.6 cm³/mol. The van der Waals surface area contributed by atoms with Crippen molar-refractivity contribution in [2.75, 3.05) is 0 Å². The fourth-order valence-electron chi connectivity index (χ4n) is 2.06. The van der Waals surface area contributed by atoms with Crippen LogP contribution in [-0.4, -0.2) is 9.55 Å². The maximum absolute atomic E-state index is 11.9. The number of aromatic nitrogens is 2. The van der Waals surface area contributed by atoms with E-state index in [4.69, 9.17) is 0 Å². The van der Waals surface area contributed by atoms with E-state index in [2.05, 4.69) is 4.98 Å². The van der Waals surface area contributed by atoms with Crippen LogP contribution < -0.4 is 5.56 Å². The van der Waals surface area contributed by atoms with Gasteiger partial charge in [-0.1, -0.05) is 13.8 Å². The van der Waals surface area contributed by atoms with Crippen LogP contribution in [0.4, 0.5) is 0 Å². The highest BCUT2D eigenvalue weighted by atomic mass is 16.1. The van der Waals surface area contributed by atoms with Crippen LogP contribution in [0.1, 0.15) is 43.3 Å². The van der Waals surface area contributed by atoms with Gasteiger partial charge >= 0.3 is 0 Å². The molecule has 0 N–H and O–H groups in total. The molecule has 0 unspecified atom stereocenters. The Morgan fingerprint density at radius 2 is 2.07 bits per heavy atom. The molecule has 1 aliphatic rings. The normalized spacial score (nSPS) is 14.9. The van der Waals surface area contributed by atoms with Crippen LogP contribution in [0.5, 0.6) is 0 Å². The number of nitrogens with zero attached hydrogens (tertiary/aromatic N) is 2. The van der Waals surface area contributed by atoms with E-state index in [0.717, 1.165) is 30.7 Å². The van der Waals surface area contributed by atoms with Gasteiger partial charge in [0.1, 0.15) is 5.69 Å². The van der Waals surface area contributed by atoms with E-state index in [1.54, 1.807) is 4.57 Å². The quantitative estimate of drug-likeness (QED) is 0.674. The third kappa shape index (κ3) is 1.27. The first-order chi connectivity index (χ1) is 6.61.